The molecular formula is C24H29N3O6. The van der Waals surface area contributed by atoms with Gasteiger partial charge in [0.05, 0.1) is 7.11 Å². The van der Waals surface area contributed by atoms with Gasteiger partial charge in [-0.25, -0.2) is 0 Å². The van der Waals surface area contributed by atoms with Crippen LogP contribution in [0.5, 0.6) is 11.5 Å². The van der Waals surface area contributed by atoms with Crippen LogP contribution in [-0.4, -0.2) is 51.2 Å². The highest BCUT2D eigenvalue weighted by Gasteiger charge is 2.08. The maximum atomic E-state index is 12.3. The minimum atomic E-state index is -0.596. The highest BCUT2D eigenvalue weighted by atomic mass is 16.5. The van der Waals surface area contributed by atoms with Crippen molar-refractivity contribution >= 4 is 29.5 Å². The minimum Gasteiger partial charge on any atom is -0.493 e. The van der Waals surface area contributed by atoms with Crippen LogP contribution in [0, 0.1) is 0 Å². The molecule has 0 saturated heterocycles. The Hall–Kier alpha value is -3.85. The first kappa shape index (κ1) is 25.4. The first-order chi connectivity index (χ1) is 15.9. The van der Waals surface area contributed by atoms with Gasteiger partial charge in [-0.1, -0.05) is 12.1 Å². The largest absolute Gasteiger partial charge is 0.493 e. The lowest BCUT2D eigenvalue weighted by molar-refractivity contribution is -0.120. The number of anilines is 1. The minimum absolute atomic E-state index is 0.219. The quantitative estimate of drug-likeness (QED) is 0.314. The number of hydrogen-bond donors (Lipinski definition) is 3. The molecule has 33 heavy (non-hydrogen) atoms. The molecule has 0 radical (unpaired) electrons. The van der Waals surface area contributed by atoms with Crippen molar-refractivity contribution < 1.29 is 28.6 Å². The van der Waals surface area contributed by atoms with Crippen molar-refractivity contribution in [3.63, 3.8) is 0 Å². The fraction of sp³-hybridized carbons (Fsp3) is 0.292. The predicted octanol–water partition coefficient (Wildman–Crippen LogP) is 2.37. The summed E-state index contributed by atoms with van der Waals surface area (Å²) < 4.78 is 15.8. The van der Waals surface area contributed by atoms with Crippen LogP contribution in [0.4, 0.5) is 5.69 Å². The number of amides is 3. The van der Waals surface area contributed by atoms with Gasteiger partial charge in [0.1, 0.15) is 0 Å². The predicted molar refractivity (Wildman–Crippen MR) is 125 cm³/mol. The third-order valence-corrected chi connectivity index (χ3v) is 4.33. The second-order valence-electron chi connectivity index (χ2n) is 6.88. The Morgan fingerprint density at radius 2 is 1.91 bits per heavy atom. The van der Waals surface area contributed by atoms with Crippen LogP contribution in [0.25, 0.3) is 6.08 Å². The van der Waals surface area contributed by atoms with Gasteiger partial charge in [0.2, 0.25) is 5.91 Å². The number of ether oxygens (including phenoxy) is 3. The zero-order chi connectivity index (χ0) is 24.1. The van der Waals surface area contributed by atoms with Gasteiger partial charge in [-0.2, -0.15) is 0 Å². The average molecular weight is 456 g/mol. The van der Waals surface area contributed by atoms with Crippen LogP contribution in [0.2, 0.25) is 0 Å². The van der Waals surface area contributed by atoms with Gasteiger partial charge < -0.3 is 30.6 Å². The van der Waals surface area contributed by atoms with E-state index in [0.717, 1.165) is 6.42 Å². The monoisotopic (exact) mass is 455 g/mol. The smallest absolute Gasteiger partial charge is 0.255 e. The summed E-state index contributed by atoms with van der Waals surface area (Å²) in [6.07, 6.45) is 3.69. The van der Waals surface area contributed by atoms with E-state index in [4.69, 9.17) is 19.9 Å². The van der Waals surface area contributed by atoms with Crippen LogP contribution < -0.4 is 25.8 Å². The van der Waals surface area contributed by atoms with Crippen molar-refractivity contribution in [1.82, 2.24) is 5.32 Å². The molecule has 0 fully saturated rings. The van der Waals surface area contributed by atoms with E-state index in [-0.39, 0.29) is 18.4 Å². The molecule has 2 aromatic carbocycles. The lowest BCUT2D eigenvalue weighted by Crippen LogP contribution is -2.25. The van der Waals surface area contributed by atoms with Crippen molar-refractivity contribution in [1.29, 1.82) is 0 Å². The number of primary amides is 1. The Morgan fingerprint density at radius 1 is 1.09 bits per heavy atom. The van der Waals surface area contributed by atoms with Crippen LogP contribution in [0.15, 0.2) is 48.5 Å². The number of nitrogens with one attached hydrogen (secondary N) is 2. The van der Waals surface area contributed by atoms with Gasteiger partial charge in [-0.15, -0.1) is 0 Å². The molecule has 0 aromatic heterocycles. The Labute approximate surface area is 192 Å². The number of carbonyl (C=O) groups is 3. The summed E-state index contributed by atoms with van der Waals surface area (Å²) in [5.41, 5.74) is 6.72. The zero-order valence-corrected chi connectivity index (χ0v) is 18.8. The molecule has 0 aliphatic heterocycles. The molecule has 0 atom stereocenters. The van der Waals surface area contributed by atoms with E-state index < -0.39 is 5.91 Å². The molecule has 0 aliphatic carbocycles. The Kier molecular flexibility index (Phi) is 10.4. The molecule has 2 rings (SSSR count). The molecule has 176 valence electrons. The Bertz CT molecular complexity index is 990. The summed E-state index contributed by atoms with van der Waals surface area (Å²) in [6.45, 7) is 3.40. The molecule has 9 heteroatoms. The second-order valence-corrected chi connectivity index (χ2v) is 6.88. The SMILES string of the molecule is CCOCCCNC(=O)c1cccc(NC(=O)C=Cc2ccc(OCC(N)=O)c(OC)c2)c1. The van der Waals surface area contributed by atoms with Crippen molar-refractivity contribution in [3.8, 4) is 11.5 Å². The highest BCUT2D eigenvalue weighted by molar-refractivity contribution is 6.03. The Morgan fingerprint density at radius 3 is 2.64 bits per heavy atom. The summed E-state index contributed by atoms with van der Waals surface area (Å²) in [4.78, 5) is 35.5. The summed E-state index contributed by atoms with van der Waals surface area (Å²) in [7, 11) is 1.47. The normalized spacial score (nSPS) is 10.6. The molecular weight excluding hydrogens is 426 g/mol. The number of hydrogen-bond acceptors (Lipinski definition) is 6. The molecule has 0 heterocycles. The van der Waals surface area contributed by atoms with Gasteiger partial charge in [0.15, 0.2) is 18.1 Å². The standard InChI is InChI=1S/C24H29N3O6/c1-3-32-13-5-12-26-24(30)18-6-4-7-19(15-18)27-23(29)11-9-17-8-10-20(21(14-17)31-2)33-16-22(25)28/h4,6-11,14-15H,3,5,12-13,16H2,1-2H3,(H2,25,28)(H,26,30)(H,27,29). The van der Waals surface area contributed by atoms with Crippen molar-refractivity contribution in [2.75, 3.05) is 38.8 Å². The third kappa shape index (κ3) is 9.04. The summed E-state index contributed by atoms with van der Waals surface area (Å²) in [5, 5.41) is 5.55. The first-order valence-corrected chi connectivity index (χ1v) is 10.5. The molecule has 0 saturated carbocycles. The molecule has 2 aromatic rings. The molecule has 0 unspecified atom stereocenters. The third-order valence-electron chi connectivity index (χ3n) is 4.33. The zero-order valence-electron chi connectivity index (χ0n) is 18.8. The molecule has 0 aliphatic rings. The number of rotatable bonds is 13. The summed E-state index contributed by atoms with van der Waals surface area (Å²) >= 11 is 0. The van der Waals surface area contributed by atoms with Crippen LogP contribution in [0.1, 0.15) is 29.3 Å². The average Bonchev–Trinajstić information content (AvgIpc) is 2.81. The fourth-order valence-electron chi connectivity index (χ4n) is 2.77. The van der Waals surface area contributed by atoms with E-state index in [2.05, 4.69) is 10.6 Å². The maximum absolute atomic E-state index is 12.3. The summed E-state index contributed by atoms with van der Waals surface area (Å²) in [5.74, 6) is -0.411. The van der Waals surface area contributed by atoms with Crippen molar-refractivity contribution in [3.05, 3.63) is 59.7 Å². The number of methoxy groups -OCH3 is 1. The Balaban J connectivity index is 1.94. The van der Waals surface area contributed by atoms with E-state index in [1.165, 1.54) is 13.2 Å². The van der Waals surface area contributed by atoms with Gasteiger partial charge in [0, 0.05) is 37.1 Å². The molecule has 3 amide bonds. The lowest BCUT2D eigenvalue weighted by atomic mass is 10.1. The van der Waals surface area contributed by atoms with E-state index in [0.29, 0.717) is 48.1 Å². The fourth-order valence-corrected chi connectivity index (χ4v) is 2.77. The van der Waals surface area contributed by atoms with E-state index in [1.807, 2.05) is 6.92 Å². The van der Waals surface area contributed by atoms with Gasteiger partial charge in [0.25, 0.3) is 11.8 Å². The number of carbonyl (C=O) groups excluding carboxylic acids is 3. The topological polar surface area (TPSA) is 129 Å². The molecule has 0 spiro atoms. The number of nitrogens with two attached hydrogens (primary N) is 1. The van der Waals surface area contributed by atoms with Crippen molar-refractivity contribution in [2.45, 2.75) is 13.3 Å². The first-order valence-electron chi connectivity index (χ1n) is 10.5. The maximum Gasteiger partial charge on any atom is 0.255 e. The van der Waals surface area contributed by atoms with Gasteiger partial charge in [-0.05, 0) is 55.3 Å². The van der Waals surface area contributed by atoms with Crippen LogP contribution in [0.3, 0.4) is 0 Å². The van der Waals surface area contributed by atoms with Gasteiger partial charge in [-0.3, -0.25) is 14.4 Å². The van der Waals surface area contributed by atoms with Crippen LogP contribution in [-0.2, 0) is 14.3 Å². The number of benzene rings is 2. The van der Waals surface area contributed by atoms with E-state index in [1.54, 1.807) is 48.5 Å². The van der Waals surface area contributed by atoms with Gasteiger partial charge >= 0.3 is 0 Å². The second kappa shape index (κ2) is 13.5. The molecule has 0 bridgehead atoms. The van der Waals surface area contributed by atoms with E-state index >= 15 is 0 Å². The van der Waals surface area contributed by atoms with Crippen molar-refractivity contribution in [2.24, 2.45) is 5.73 Å². The van der Waals surface area contributed by atoms with E-state index in [9.17, 15) is 14.4 Å². The lowest BCUT2D eigenvalue weighted by Gasteiger charge is -2.10. The summed E-state index contributed by atoms with van der Waals surface area (Å²) in [6, 6.07) is 11.7. The molecule has 4 N–H and O–H groups in total. The van der Waals surface area contributed by atoms with Crippen LogP contribution >= 0.6 is 0 Å². The molecule has 9 nitrogen and oxygen atoms in total. The highest BCUT2D eigenvalue weighted by Crippen LogP contribution is 2.28.